The molecular formula is C30H35FN2O3. The van der Waals surface area contributed by atoms with Crippen LogP contribution in [0.15, 0.2) is 84.9 Å². The molecule has 0 aliphatic rings. The third-order valence-electron chi connectivity index (χ3n) is 5.98. The Balaban J connectivity index is 1.83. The van der Waals surface area contributed by atoms with Crippen LogP contribution in [0.4, 0.5) is 4.39 Å². The van der Waals surface area contributed by atoms with Gasteiger partial charge in [0.1, 0.15) is 11.9 Å². The zero-order chi connectivity index (χ0) is 25.6. The van der Waals surface area contributed by atoms with Crippen molar-refractivity contribution in [2.75, 3.05) is 19.8 Å². The minimum atomic E-state index is -0.701. The second-order valence-corrected chi connectivity index (χ2v) is 8.68. The van der Waals surface area contributed by atoms with Gasteiger partial charge in [0.05, 0.1) is 0 Å². The zero-order valence-corrected chi connectivity index (χ0v) is 20.9. The van der Waals surface area contributed by atoms with E-state index in [1.165, 1.54) is 12.1 Å². The van der Waals surface area contributed by atoms with Crippen LogP contribution in [0, 0.1) is 5.82 Å². The van der Waals surface area contributed by atoms with Gasteiger partial charge in [-0.3, -0.25) is 9.59 Å². The van der Waals surface area contributed by atoms with Crippen molar-refractivity contribution in [3.8, 4) is 0 Å². The van der Waals surface area contributed by atoms with Crippen LogP contribution >= 0.6 is 0 Å². The molecule has 3 aromatic rings. The van der Waals surface area contributed by atoms with Crippen LogP contribution in [-0.2, 0) is 33.7 Å². The normalized spacial score (nSPS) is 11.6. The molecule has 3 rings (SSSR count). The third-order valence-corrected chi connectivity index (χ3v) is 5.98. The fourth-order valence-corrected chi connectivity index (χ4v) is 4.03. The van der Waals surface area contributed by atoms with Gasteiger partial charge < -0.3 is 15.0 Å². The maximum absolute atomic E-state index is 13.6. The summed E-state index contributed by atoms with van der Waals surface area (Å²) in [5.41, 5.74) is 2.80. The van der Waals surface area contributed by atoms with Crippen LogP contribution in [0.1, 0.15) is 36.5 Å². The third kappa shape index (κ3) is 8.93. The van der Waals surface area contributed by atoms with Gasteiger partial charge in [0, 0.05) is 39.1 Å². The molecule has 0 spiro atoms. The Morgan fingerprint density at radius 2 is 1.53 bits per heavy atom. The average molecular weight is 491 g/mol. The Labute approximate surface area is 213 Å². The first-order valence-corrected chi connectivity index (χ1v) is 12.5. The monoisotopic (exact) mass is 490 g/mol. The summed E-state index contributed by atoms with van der Waals surface area (Å²) in [7, 11) is 0. The SMILES string of the molecule is CCOCCCNC(=O)[C@H](Cc1ccccc1)N(Cc1ccc(F)cc1)C(=O)CCc1ccccc1. The summed E-state index contributed by atoms with van der Waals surface area (Å²) in [5, 5.41) is 2.99. The van der Waals surface area contributed by atoms with Crippen LogP contribution < -0.4 is 5.32 Å². The van der Waals surface area contributed by atoms with Gasteiger partial charge in [-0.1, -0.05) is 72.8 Å². The minimum Gasteiger partial charge on any atom is -0.382 e. The summed E-state index contributed by atoms with van der Waals surface area (Å²) >= 11 is 0. The van der Waals surface area contributed by atoms with Gasteiger partial charge in [0.15, 0.2) is 0 Å². The van der Waals surface area contributed by atoms with Gasteiger partial charge in [-0.2, -0.15) is 0 Å². The lowest BCUT2D eigenvalue weighted by molar-refractivity contribution is -0.141. The molecule has 0 aliphatic heterocycles. The molecule has 0 aliphatic carbocycles. The number of nitrogens with zero attached hydrogens (tertiary/aromatic N) is 1. The van der Waals surface area contributed by atoms with E-state index >= 15 is 0 Å². The average Bonchev–Trinajstić information content (AvgIpc) is 2.91. The second kappa shape index (κ2) is 14.8. The maximum atomic E-state index is 13.6. The van der Waals surface area contributed by atoms with E-state index in [2.05, 4.69) is 5.32 Å². The summed E-state index contributed by atoms with van der Waals surface area (Å²) in [6.45, 7) is 3.81. The maximum Gasteiger partial charge on any atom is 0.243 e. The molecule has 6 heteroatoms. The first kappa shape index (κ1) is 27.1. The number of rotatable bonds is 14. The molecule has 1 atom stereocenters. The molecule has 0 heterocycles. The summed E-state index contributed by atoms with van der Waals surface area (Å²) in [5.74, 6) is -0.660. The number of hydrogen-bond donors (Lipinski definition) is 1. The highest BCUT2D eigenvalue weighted by Crippen LogP contribution is 2.17. The number of aryl methyl sites for hydroxylation is 1. The second-order valence-electron chi connectivity index (χ2n) is 8.68. The Bertz CT molecular complexity index is 1060. The van der Waals surface area contributed by atoms with E-state index in [-0.39, 0.29) is 30.6 Å². The van der Waals surface area contributed by atoms with Crippen molar-refractivity contribution in [1.29, 1.82) is 0 Å². The molecule has 36 heavy (non-hydrogen) atoms. The first-order chi connectivity index (χ1) is 17.6. The fraction of sp³-hybridized carbons (Fsp3) is 0.333. The van der Waals surface area contributed by atoms with E-state index in [9.17, 15) is 14.0 Å². The van der Waals surface area contributed by atoms with Gasteiger partial charge in [-0.25, -0.2) is 4.39 Å². The quantitative estimate of drug-likeness (QED) is 0.326. The smallest absolute Gasteiger partial charge is 0.243 e. The molecule has 3 aromatic carbocycles. The molecule has 1 N–H and O–H groups in total. The van der Waals surface area contributed by atoms with E-state index in [0.717, 1.165) is 16.7 Å². The number of carbonyl (C=O) groups is 2. The molecule has 0 saturated heterocycles. The van der Waals surface area contributed by atoms with Crippen LogP contribution in [0.25, 0.3) is 0 Å². The van der Waals surface area contributed by atoms with Crippen LogP contribution in [-0.4, -0.2) is 42.5 Å². The number of ether oxygens (including phenoxy) is 1. The van der Waals surface area contributed by atoms with Crippen LogP contribution in [0.3, 0.4) is 0 Å². The highest BCUT2D eigenvalue weighted by atomic mass is 19.1. The molecule has 190 valence electrons. The lowest BCUT2D eigenvalue weighted by atomic mass is 10.0. The van der Waals surface area contributed by atoms with Crippen molar-refractivity contribution in [2.45, 2.75) is 45.2 Å². The topological polar surface area (TPSA) is 58.6 Å². The Morgan fingerprint density at radius 1 is 0.889 bits per heavy atom. The summed E-state index contributed by atoms with van der Waals surface area (Å²) in [4.78, 5) is 28.7. The predicted octanol–water partition coefficient (Wildman–Crippen LogP) is 4.94. The van der Waals surface area contributed by atoms with E-state index in [0.29, 0.717) is 39.0 Å². The van der Waals surface area contributed by atoms with Gasteiger partial charge in [0.2, 0.25) is 11.8 Å². The molecule has 0 saturated carbocycles. The van der Waals surface area contributed by atoms with Crippen LogP contribution in [0.5, 0.6) is 0 Å². The van der Waals surface area contributed by atoms with Crippen molar-refractivity contribution in [2.24, 2.45) is 0 Å². The number of benzene rings is 3. The molecule has 5 nitrogen and oxygen atoms in total. The number of hydrogen-bond acceptors (Lipinski definition) is 3. The van der Waals surface area contributed by atoms with Gasteiger partial charge in [-0.05, 0) is 48.6 Å². The van der Waals surface area contributed by atoms with Gasteiger partial charge in [-0.15, -0.1) is 0 Å². The zero-order valence-electron chi connectivity index (χ0n) is 20.9. The molecule has 0 fully saturated rings. The van der Waals surface area contributed by atoms with E-state index in [1.54, 1.807) is 17.0 Å². The van der Waals surface area contributed by atoms with Gasteiger partial charge >= 0.3 is 0 Å². The van der Waals surface area contributed by atoms with Crippen molar-refractivity contribution in [1.82, 2.24) is 10.2 Å². The van der Waals surface area contributed by atoms with E-state index in [4.69, 9.17) is 4.74 Å². The number of carbonyl (C=O) groups excluding carboxylic acids is 2. The standard InChI is InChI=1S/C30H35FN2O3/c1-2-36-21-9-20-32-30(35)28(22-25-12-7-4-8-13-25)33(23-26-14-17-27(31)18-15-26)29(34)19-16-24-10-5-3-6-11-24/h3-8,10-15,17-18,28H,2,9,16,19-23H2,1H3,(H,32,35)/t28-/m0/s1. The number of halogens is 1. The highest BCUT2D eigenvalue weighted by molar-refractivity contribution is 5.88. The summed E-state index contributed by atoms with van der Waals surface area (Å²) < 4.78 is 18.9. The minimum absolute atomic E-state index is 0.117. The highest BCUT2D eigenvalue weighted by Gasteiger charge is 2.30. The van der Waals surface area contributed by atoms with Crippen molar-refractivity contribution in [3.63, 3.8) is 0 Å². The summed E-state index contributed by atoms with van der Waals surface area (Å²) in [6.07, 6.45) is 1.93. The van der Waals surface area contributed by atoms with E-state index in [1.807, 2.05) is 67.6 Å². The molecule has 2 amide bonds. The van der Waals surface area contributed by atoms with Crippen molar-refractivity contribution < 1.29 is 18.7 Å². The molecule has 0 aromatic heterocycles. The van der Waals surface area contributed by atoms with Gasteiger partial charge in [0.25, 0.3) is 0 Å². The Hall–Kier alpha value is -3.51. The first-order valence-electron chi connectivity index (χ1n) is 12.5. The lowest BCUT2D eigenvalue weighted by Crippen LogP contribution is -2.50. The summed E-state index contributed by atoms with van der Waals surface area (Å²) in [6, 6.07) is 24.9. The number of amides is 2. The van der Waals surface area contributed by atoms with E-state index < -0.39 is 6.04 Å². The molecule has 0 radical (unpaired) electrons. The van der Waals surface area contributed by atoms with Crippen molar-refractivity contribution in [3.05, 3.63) is 107 Å². The largest absolute Gasteiger partial charge is 0.382 e. The molecule has 0 bridgehead atoms. The number of nitrogens with one attached hydrogen (secondary N) is 1. The predicted molar refractivity (Wildman–Crippen MR) is 140 cm³/mol. The molecular weight excluding hydrogens is 455 g/mol. The van der Waals surface area contributed by atoms with Crippen LogP contribution in [0.2, 0.25) is 0 Å². The lowest BCUT2D eigenvalue weighted by Gasteiger charge is -2.31. The van der Waals surface area contributed by atoms with Crippen molar-refractivity contribution >= 4 is 11.8 Å². The fourth-order valence-electron chi connectivity index (χ4n) is 4.03. The Kier molecular flexibility index (Phi) is 11.1. The molecule has 0 unspecified atom stereocenters. The Morgan fingerprint density at radius 3 is 2.17 bits per heavy atom.